The van der Waals surface area contributed by atoms with E-state index in [1.54, 1.807) is 50.3 Å². The first-order chi connectivity index (χ1) is 13.2. The molecule has 1 amide bonds. The van der Waals surface area contributed by atoms with Crippen molar-refractivity contribution >= 4 is 57.8 Å². The summed E-state index contributed by atoms with van der Waals surface area (Å²) >= 11 is 13.1. The van der Waals surface area contributed by atoms with Crippen molar-refractivity contribution in [1.82, 2.24) is 0 Å². The van der Waals surface area contributed by atoms with Crippen LogP contribution in [0.15, 0.2) is 53.2 Å². The molecule has 2 aromatic rings. The highest BCUT2D eigenvalue weighted by Gasteiger charge is 2.34. The molecule has 1 heterocycles. The van der Waals surface area contributed by atoms with Gasteiger partial charge in [0.05, 0.1) is 21.3 Å². The number of anilines is 1. The number of hydrogen-bond donors (Lipinski definition) is 1. The van der Waals surface area contributed by atoms with Crippen molar-refractivity contribution in [2.24, 2.45) is 4.99 Å². The van der Waals surface area contributed by atoms with Crippen molar-refractivity contribution in [3.05, 3.63) is 69.6 Å². The number of amides is 1. The molecule has 0 unspecified atom stereocenters. The third-order valence-corrected chi connectivity index (χ3v) is 5.85. The normalized spacial score (nSPS) is 16.1. The van der Waals surface area contributed by atoms with E-state index in [2.05, 4.69) is 4.99 Å². The molecule has 146 valence electrons. The quantitative estimate of drug-likeness (QED) is 0.651. The summed E-state index contributed by atoms with van der Waals surface area (Å²) in [6.07, 6.45) is 1.57. The molecular formula is C20H17Cl2FN2O2S. The Balaban J connectivity index is 2.01. The molecule has 0 spiro atoms. The number of carbonyl (C=O) groups excluding carboxylic acids is 1. The van der Waals surface area contributed by atoms with E-state index < -0.39 is 17.3 Å². The maximum Gasteiger partial charge on any atom is 0.283 e. The summed E-state index contributed by atoms with van der Waals surface area (Å²) in [5, 5.41) is 11.1. The minimum Gasteiger partial charge on any atom is -0.390 e. The lowest BCUT2D eigenvalue weighted by atomic mass is 10.2. The van der Waals surface area contributed by atoms with Crippen molar-refractivity contribution < 1.29 is 14.3 Å². The van der Waals surface area contributed by atoms with E-state index in [0.29, 0.717) is 20.8 Å². The van der Waals surface area contributed by atoms with Gasteiger partial charge in [-0.05, 0) is 49.8 Å². The van der Waals surface area contributed by atoms with Gasteiger partial charge < -0.3 is 5.11 Å². The zero-order chi connectivity index (χ0) is 20.5. The average Bonchev–Trinajstić information content (AvgIpc) is 2.92. The van der Waals surface area contributed by atoms with Gasteiger partial charge in [0.25, 0.3) is 5.91 Å². The van der Waals surface area contributed by atoms with E-state index >= 15 is 0 Å². The van der Waals surface area contributed by atoms with Gasteiger partial charge in [-0.1, -0.05) is 53.2 Å². The zero-order valence-electron chi connectivity index (χ0n) is 15.1. The second-order valence-electron chi connectivity index (χ2n) is 6.79. The Labute approximate surface area is 176 Å². The highest BCUT2D eigenvalue weighted by molar-refractivity contribution is 8.14. The van der Waals surface area contributed by atoms with Gasteiger partial charge in [0.15, 0.2) is 5.17 Å². The molecule has 0 aromatic heterocycles. The van der Waals surface area contributed by atoms with Crippen LogP contribution in [0.25, 0.3) is 6.08 Å². The summed E-state index contributed by atoms with van der Waals surface area (Å²) in [4.78, 5) is 18.6. The molecule has 1 N–H and O–H groups in total. The fraction of sp³-hybridized carbons (Fsp3) is 0.200. The van der Waals surface area contributed by atoms with Crippen molar-refractivity contribution in [3.63, 3.8) is 0 Å². The van der Waals surface area contributed by atoms with Gasteiger partial charge in [0, 0.05) is 5.75 Å². The number of rotatable bonds is 4. The van der Waals surface area contributed by atoms with Gasteiger partial charge in [0.1, 0.15) is 11.5 Å². The number of aliphatic hydroxyl groups is 1. The number of halogens is 3. The maximum absolute atomic E-state index is 14.4. The molecule has 4 nitrogen and oxygen atoms in total. The van der Waals surface area contributed by atoms with Crippen LogP contribution in [0.3, 0.4) is 0 Å². The predicted molar refractivity (Wildman–Crippen MR) is 115 cm³/mol. The van der Waals surface area contributed by atoms with Crippen LogP contribution in [-0.2, 0) is 4.79 Å². The van der Waals surface area contributed by atoms with Crippen molar-refractivity contribution in [2.45, 2.75) is 19.4 Å². The molecule has 0 aliphatic carbocycles. The molecule has 0 saturated carbocycles. The fourth-order valence-corrected chi connectivity index (χ4v) is 3.70. The summed E-state index contributed by atoms with van der Waals surface area (Å²) < 4.78 is 14.4. The largest absolute Gasteiger partial charge is 0.390 e. The first kappa shape index (κ1) is 20.9. The van der Waals surface area contributed by atoms with Crippen LogP contribution in [0.5, 0.6) is 0 Å². The predicted octanol–water partition coefficient (Wildman–Crippen LogP) is 5.38. The Bertz CT molecular complexity index is 986. The molecule has 8 heteroatoms. The van der Waals surface area contributed by atoms with E-state index in [4.69, 9.17) is 23.2 Å². The Morgan fingerprint density at radius 3 is 2.57 bits per heavy atom. The number of aliphatic imine (C=N–C) groups is 1. The van der Waals surface area contributed by atoms with Crippen LogP contribution >= 0.6 is 35.0 Å². The summed E-state index contributed by atoms with van der Waals surface area (Å²) in [5.74, 6) is -0.720. The van der Waals surface area contributed by atoms with Crippen LogP contribution < -0.4 is 4.90 Å². The van der Waals surface area contributed by atoms with Crippen LogP contribution in [-0.4, -0.2) is 27.5 Å². The van der Waals surface area contributed by atoms with Gasteiger partial charge >= 0.3 is 0 Å². The molecule has 28 heavy (non-hydrogen) atoms. The molecule has 0 atom stereocenters. The van der Waals surface area contributed by atoms with E-state index in [9.17, 15) is 14.3 Å². The molecule has 0 bridgehead atoms. The van der Waals surface area contributed by atoms with Gasteiger partial charge in [-0.15, -0.1) is 0 Å². The number of hydrogen-bond acceptors (Lipinski definition) is 4. The smallest absolute Gasteiger partial charge is 0.283 e. The van der Waals surface area contributed by atoms with Gasteiger partial charge in [0.2, 0.25) is 0 Å². The number of thioether (sulfide) groups is 1. The molecule has 2 aromatic carbocycles. The minimum absolute atomic E-state index is 0.104. The maximum atomic E-state index is 14.4. The minimum atomic E-state index is -0.979. The van der Waals surface area contributed by atoms with E-state index in [-0.39, 0.29) is 17.1 Å². The van der Waals surface area contributed by atoms with Crippen LogP contribution in [0.2, 0.25) is 10.0 Å². The number of benzene rings is 2. The molecule has 0 radical (unpaired) electrons. The lowest BCUT2D eigenvalue weighted by molar-refractivity contribution is -0.113. The van der Waals surface area contributed by atoms with Gasteiger partial charge in [-0.2, -0.15) is 0 Å². The summed E-state index contributed by atoms with van der Waals surface area (Å²) in [5.41, 5.74) is -0.0940. The second-order valence-corrected chi connectivity index (χ2v) is 8.55. The lowest BCUT2D eigenvalue weighted by Gasteiger charge is -2.21. The summed E-state index contributed by atoms with van der Waals surface area (Å²) in [6.45, 7) is 3.30. The number of amidine groups is 1. The molecule has 0 fully saturated rings. The molecule has 1 aliphatic rings. The Morgan fingerprint density at radius 1 is 1.21 bits per heavy atom. The second kappa shape index (κ2) is 8.25. The lowest BCUT2D eigenvalue weighted by Crippen LogP contribution is -2.33. The first-order valence-electron chi connectivity index (χ1n) is 8.35. The number of nitrogens with zero attached hydrogens (tertiary/aromatic N) is 2. The van der Waals surface area contributed by atoms with E-state index in [0.717, 1.165) is 0 Å². The number of para-hydroxylation sites is 1. The topological polar surface area (TPSA) is 52.9 Å². The Morgan fingerprint density at radius 2 is 1.93 bits per heavy atom. The van der Waals surface area contributed by atoms with E-state index in [1.165, 1.54) is 28.8 Å². The standard InChI is InChI=1S/C20H17Cl2FN2O2S/c1-20(2,27)11-28-19-24-16(10-12-7-8-13(21)14(22)9-12)18(26)25(19)17-6-4-3-5-15(17)23/h3-10,27H,11H2,1-2H3/b16-10+. The molecule has 3 rings (SSSR count). The Hall–Kier alpha value is -1.86. The third kappa shape index (κ3) is 4.75. The van der Waals surface area contributed by atoms with Crippen LogP contribution in [0.4, 0.5) is 10.1 Å². The first-order valence-corrected chi connectivity index (χ1v) is 10.1. The van der Waals surface area contributed by atoms with Gasteiger partial charge in [-0.3, -0.25) is 9.69 Å². The third-order valence-electron chi connectivity index (χ3n) is 3.72. The van der Waals surface area contributed by atoms with Crippen LogP contribution in [0.1, 0.15) is 19.4 Å². The fourth-order valence-electron chi connectivity index (χ4n) is 2.44. The Kier molecular flexibility index (Phi) is 6.15. The van der Waals surface area contributed by atoms with E-state index in [1.807, 2.05) is 0 Å². The highest BCUT2D eigenvalue weighted by atomic mass is 35.5. The van der Waals surface area contributed by atoms with Crippen molar-refractivity contribution in [2.75, 3.05) is 10.7 Å². The average molecular weight is 439 g/mol. The molecule has 1 aliphatic heterocycles. The SMILES string of the molecule is CC(C)(O)CSC1=N/C(=C/c2ccc(Cl)c(Cl)c2)C(=O)N1c1ccccc1F. The summed E-state index contributed by atoms with van der Waals surface area (Å²) in [6, 6.07) is 10.9. The van der Waals surface area contributed by atoms with Crippen molar-refractivity contribution in [3.8, 4) is 0 Å². The number of carbonyl (C=O) groups is 1. The monoisotopic (exact) mass is 438 g/mol. The highest BCUT2D eigenvalue weighted by Crippen LogP contribution is 2.32. The van der Waals surface area contributed by atoms with Crippen molar-refractivity contribution in [1.29, 1.82) is 0 Å². The zero-order valence-corrected chi connectivity index (χ0v) is 17.4. The molecular weight excluding hydrogens is 422 g/mol. The summed E-state index contributed by atoms with van der Waals surface area (Å²) in [7, 11) is 0. The van der Waals surface area contributed by atoms with Crippen LogP contribution in [0, 0.1) is 5.82 Å². The molecule has 0 saturated heterocycles. The van der Waals surface area contributed by atoms with Gasteiger partial charge in [-0.25, -0.2) is 9.38 Å².